The van der Waals surface area contributed by atoms with Crippen molar-refractivity contribution in [3.05, 3.63) is 65.5 Å². The molecule has 24 heavy (non-hydrogen) atoms. The Bertz CT molecular complexity index is 676. The van der Waals surface area contributed by atoms with Gasteiger partial charge in [0.05, 0.1) is 6.54 Å². The Balaban J connectivity index is 0.00000288. The third-order valence-corrected chi connectivity index (χ3v) is 3.26. The molecule has 6 nitrogen and oxygen atoms in total. The van der Waals surface area contributed by atoms with Crippen LogP contribution in [0.15, 0.2) is 53.7 Å². The Hall–Kier alpha value is -2.16. The Morgan fingerprint density at radius 2 is 2.08 bits per heavy atom. The summed E-state index contributed by atoms with van der Waals surface area (Å²) in [5, 5.41) is 5.66. The summed E-state index contributed by atoms with van der Waals surface area (Å²) in [5.41, 5.74) is 8.40. The van der Waals surface area contributed by atoms with Gasteiger partial charge < -0.3 is 16.4 Å². The van der Waals surface area contributed by atoms with Crippen molar-refractivity contribution in [1.82, 2.24) is 15.6 Å². The number of carbonyl (C=O) groups is 1. The molecule has 7 heteroatoms. The van der Waals surface area contributed by atoms with E-state index in [1.54, 1.807) is 19.3 Å². The molecule has 1 heterocycles. The van der Waals surface area contributed by atoms with Gasteiger partial charge in [-0.3, -0.25) is 9.78 Å². The van der Waals surface area contributed by atoms with Gasteiger partial charge in [0.2, 0.25) is 0 Å². The number of carbonyl (C=O) groups excluding carboxylic acids is 1. The molecule has 0 aliphatic carbocycles. The van der Waals surface area contributed by atoms with Gasteiger partial charge in [-0.25, -0.2) is 4.99 Å². The molecule has 0 spiro atoms. The van der Waals surface area contributed by atoms with Gasteiger partial charge in [0.15, 0.2) is 5.96 Å². The number of nitrogens with zero attached hydrogens (tertiary/aromatic N) is 2. The van der Waals surface area contributed by atoms with Crippen molar-refractivity contribution in [3.63, 3.8) is 0 Å². The number of amides is 1. The SMILES string of the molecule is CNC(=O)c1cccc(CN=C(N)NCCc2ccccn2)c1.I. The molecule has 0 saturated heterocycles. The van der Waals surface area contributed by atoms with Gasteiger partial charge >= 0.3 is 0 Å². The van der Waals surface area contributed by atoms with Crippen molar-refractivity contribution >= 4 is 35.8 Å². The first-order chi connectivity index (χ1) is 11.2. The monoisotopic (exact) mass is 439 g/mol. The van der Waals surface area contributed by atoms with Gasteiger partial charge in [-0.1, -0.05) is 18.2 Å². The molecule has 1 aromatic heterocycles. The molecule has 2 aromatic rings. The standard InChI is InChI=1S/C17H21N5O.HI/c1-19-16(23)14-6-4-5-13(11-14)12-22-17(18)21-10-8-15-7-2-3-9-20-15;/h2-7,9,11H,8,10,12H2,1H3,(H,19,23)(H3,18,21,22);1H. The van der Waals surface area contributed by atoms with E-state index < -0.39 is 0 Å². The second-order valence-electron chi connectivity index (χ2n) is 4.98. The number of pyridine rings is 1. The highest BCUT2D eigenvalue weighted by Gasteiger charge is 2.03. The minimum absolute atomic E-state index is 0. The van der Waals surface area contributed by atoms with Gasteiger partial charge in [0, 0.05) is 37.5 Å². The molecular weight excluding hydrogens is 417 g/mol. The van der Waals surface area contributed by atoms with Gasteiger partial charge in [-0.15, -0.1) is 24.0 Å². The number of nitrogens with one attached hydrogen (secondary N) is 2. The van der Waals surface area contributed by atoms with Gasteiger partial charge in [-0.2, -0.15) is 0 Å². The fourth-order valence-electron chi connectivity index (χ4n) is 2.05. The second kappa shape index (κ2) is 10.6. The summed E-state index contributed by atoms with van der Waals surface area (Å²) in [5.74, 6) is 0.267. The van der Waals surface area contributed by atoms with Gasteiger partial charge in [-0.05, 0) is 29.8 Å². The minimum Gasteiger partial charge on any atom is -0.370 e. The Labute approximate surface area is 159 Å². The molecule has 1 amide bonds. The predicted molar refractivity (Wildman–Crippen MR) is 107 cm³/mol. The lowest BCUT2D eigenvalue weighted by Gasteiger charge is -2.06. The molecule has 0 aliphatic heterocycles. The summed E-state index contributed by atoms with van der Waals surface area (Å²) in [6.07, 6.45) is 2.55. The quantitative estimate of drug-likeness (QED) is 0.363. The maximum absolute atomic E-state index is 11.6. The Morgan fingerprint density at radius 1 is 1.25 bits per heavy atom. The van der Waals surface area contributed by atoms with Crippen LogP contribution in [0.5, 0.6) is 0 Å². The smallest absolute Gasteiger partial charge is 0.251 e. The van der Waals surface area contributed by atoms with Crippen LogP contribution in [0.3, 0.4) is 0 Å². The maximum Gasteiger partial charge on any atom is 0.251 e. The third kappa shape index (κ3) is 6.53. The van der Waals surface area contributed by atoms with Crippen LogP contribution in [0.1, 0.15) is 21.6 Å². The summed E-state index contributed by atoms with van der Waals surface area (Å²) < 4.78 is 0. The molecule has 0 saturated carbocycles. The average Bonchev–Trinajstić information content (AvgIpc) is 2.60. The molecule has 2 rings (SSSR count). The molecule has 0 bridgehead atoms. The molecule has 1 aromatic carbocycles. The molecule has 0 fully saturated rings. The van der Waals surface area contributed by atoms with Crippen molar-refractivity contribution < 1.29 is 4.79 Å². The number of hydrogen-bond acceptors (Lipinski definition) is 3. The molecule has 0 aliphatic rings. The second-order valence-corrected chi connectivity index (χ2v) is 4.98. The zero-order valence-corrected chi connectivity index (χ0v) is 15.9. The first-order valence-corrected chi connectivity index (χ1v) is 7.44. The maximum atomic E-state index is 11.6. The van der Waals surface area contributed by atoms with E-state index in [-0.39, 0.29) is 29.9 Å². The largest absolute Gasteiger partial charge is 0.370 e. The zero-order chi connectivity index (χ0) is 16.5. The summed E-state index contributed by atoms with van der Waals surface area (Å²) in [6.45, 7) is 1.10. The van der Waals surface area contributed by atoms with Crippen molar-refractivity contribution in [2.45, 2.75) is 13.0 Å². The van der Waals surface area contributed by atoms with Crippen LogP contribution in [0.4, 0.5) is 0 Å². The van der Waals surface area contributed by atoms with E-state index in [1.165, 1.54) is 0 Å². The number of benzene rings is 1. The summed E-state index contributed by atoms with van der Waals surface area (Å²) in [7, 11) is 1.61. The normalized spacial score (nSPS) is 10.6. The van der Waals surface area contributed by atoms with Crippen LogP contribution >= 0.6 is 24.0 Å². The van der Waals surface area contributed by atoms with Crippen molar-refractivity contribution in [2.75, 3.05) is 13.6 Å². The van der Waals surface area contributed by atoms with Crippen LogP contribution in [0.2, 0.25) is 0 Å². The van der Waals surface area contributed by atoms with Gasteiger partial charge in [0.25, 0.3) is 5.91 Å². The molecule has 0 unspecified atom stereocenters. The van der Waals surface area contributed by atoms with E-state index in [0.717, 1.165) is 17.7 Å². The third-order valence-electron chi connectivity index (χ3n) is 3.26. The summed E-state index contributed by atoms with van der Waals surface area (Å²) >= 11 is 0. The number of aromatic nitrogens is 1. The average molecular weight is 439 g/mol. The van der Waals surface area contributed by atoms with Crippen molar-refractivity contribution in [3.8, 4) is 0 Å². The first-order valence-electron chi connectivity index (χ1n) is 7.44. The number of guanidine groups is 1. The van der Waals surface area contributed by atoms with Crippen LogP contribution in [0, 0.1) is 0 Å². The lowest BCUT2D eigenvalue weighted by Crippen LogP contribution is -2.33. The zero-order valence-electron chi connectivity index (χ0n) is 13.5. The molecular formula is C17H22IN5O. The summed E-state index contributed by atoms with van der Waals surface area (Å²) in [4.78, 5) is 20.1. The molecule has 128 valence electrons. The highest BCUT2D eigenvalue weighted by Crippen LogP contribution is 2.06. The predicted octanol–water partition coefficient (Wildman–Crippen LogP) is 1.71. The van der Waals surface area contributed by atoms with E-state index in [2.05, 4.69) is 20.6 Å². The topological polar surface area (TPSA) is 92.4 Å². The first kappa shape index (κ1) is 19.9. The molecule has 0 atom stereocenters. The number of aliphatic imine (C=N–C) groups is 1. The van der Waals surface area contributed by atoms with Crippen LogP contribution in [0.25, 0.3) is 0 Å². The number of halogens is 1. The lowest BCUT2D eigenvalue weighted by molar-refractivity contribution is 0.0963. The highest BCUT2D eigenvalue weighted by atomic mass is 127. The molecule has 0 radical (unpaired) electrons. The Kier molecular flexibility index (Phi) is 8.77. The van der Waals surface area contributed by atoms with E-state index in [0.29, 0.717) is 24.6 Å². The van der Waals surface area contributed by atoms with Gasteiger partial charge in [0.1, 0.15) is 0 Å². The van der Waals surface area contributed by atoms with Crippen molar-refractivity contribution in [1.29, 1.82) is 0 Å². The van der Waals surface area contributed by atoms with E-state index in [9.17, 15) is 4.79 Å². The van der Waals surface area contributed by atoms with E-state index >= 15 is 0 Å². The van der Waals surface area contributed by atoms with Crippen LogP contribution in [-0.4, -0.2) is 30.4 Å². The fourth-order valence-corrected chi connectivity index (χ4v) is 2.05. The number of hydrogen-bond donors (Lipinski definition) is 3. The number of rotatable bonds is 6. The van der Waals surface area contributed by atoms with Crippen LogP contribution in [-0.2, 0) is 13.0 Å². The fraction of sp³-hybridized carbons (Fsp3) is 0.235. The van der Waals surface area contributed by atoms with E-state index in [1.807, 2.05) is 36.4 Å². The highest BCUT2D eigenvalue weighted by molar-refractivity contribution is 14.0. The number of nitrogens with two attached hydrogens (primary N) is 1. The molecule has 4 N–H and O–H groups in total. The summed E-state index contributed by atoms with van der Waals surface area (Å²) in [6, 6.07) is 13.1. The van der Waals surface area contributed by atoms with E-state index in [4.69, 9.17) is 5.73 Å². The van der Waals surface area contributed by atoms with Crippen molar-refractivity contribution in [2.24, 2.45) is 10.7 Å². The van der Waals surface area contributed by atoms with Crippen LogP contribution < -0.4 is 16.4 Å². The minimum atomic E-state index is -0.114. The lowest BCUT2D eigenvalue weighted by atomic mass is 10.1. The Morgan fingerprint density at radius 3 is 2.79 bits per heavy atom.